The molecule has 0 amide bonds. The number of hydrogen-bond acceptors (Lipinski definition) is 3. The summed E-state index contributed by atoms with van der Waals surface area (Å²) in [5.41, 5.74) is 0.830. The molecule has 86 valence electrons. The predicted octanol–water partition coefficient (Wildman–Crippen LogP) is 1.22. The van der Waals surface area contributed by atoms with Gasteiger partial charge in [-0.2, -0.15) is 0 Å². The number of aromatic carboxylic acids is 1. The van der Waals surface area contributed by atoms with Crippen molar-refractivity contribution in [3.63, 3.8) is 0 Å². The Hall–Kier alpha value is -1.49. The molecule has 1 N–H and O–H groups in total. The summed E-state index contributed by atoms with van der Waals surface area (Å²) in [7, 11) is -1.27. The Kier molecular flexibility index (Phi) is 4.37. The second kappa shape index (κ2) is 5.55. The Labute approximate surface area is 95.7 Å². The summed E-state index contributed by atoms with van der Waals surface area (Å²) in [6.45, 7) is 1.38. The number of rotatable bonds is 5. The molecule has 5 heteroatoms. The number of carboxylic acid groups (broad SMARTS) is 1. The molecule has 1 rings (SSSR count). The van der Waals surface area contributed by atoms with Crippen LogP contribution in [0.15, 0.2) is 24.3 Å². The van der Waals surface area contributed by atoms with Crippen molar-refractivity contribution in [3.8, 4) is 0 Å². The smallest absolute Gasteiger partial charge is 0.335 e. The van der Waals surface area contributed by atoms with Crippen molar-refractivity contribution in [1.82, 2.24) is 0 Å². The van der Waals surface area contributed by atoms with Crippen molar-refractivity contribution < 1.29 is 18.9 Å². The molecule has 0 aromatic heterocycles. The van der Waals surface area contributed by atoms with Gasteiger partial charge in [-0.05, 0) is 24.6 Å². The Bertz CT molecular complexity index is 439. The summed E-state index contributed by atoms with van der Waals surface area (Å²) < 4.78 is 11.4. The fourth-order valence-electron chi connectivity index (χ4n) is 1.26. The van der Waals surface area contributed by atoms with E-state index < -0.39 is 16.8 Å². The Balaban J connectivity index is 2.74. The van der Waals surface area contributed by atoms with E-state index >= 15 is 0 Å². The molecule has 0 saturated heterocycles. The number of carbonyl (C=O) groups is 2. The van der Waals surface area contributed by atoms with E-state index in [0.29, 0.717) is 5.56 Å². The van der Waals surface area contributed by atoms with E-state index in [1.54, 1.807) is 12.1 Å². The molecule has 16 heavy (non-hydrogen) atoms. The third kappa shape index (κ3) is 3.94. The normalized spacial score (nSPS) is 12.1. The summed E-state index contributed by atoms with van der Waals surface area (Å²) in [6.07, 6.45) is 0. The third-order valence-corrected chi connectivity index (χ3v) is 3.25. The van der Waals surface area contributed by atoms with E-state index in [0.717, 1.165) is 0 Å². The van der Waals surface area contributed by atoms with Crippen LogP contribution >= 0.6 is 0 Å². The molecular weight excluding hydrogens is 228 g/mol. The lowest BCUT2D eigenvalue weighted by molar-refractivity contribution is -0.114. The van der Waals surface area contributed by atoms with Gasteiger partial charge in [0.2, 0.25) is 0 Å². The molecule has 1 aromatic carbocycles. The van der Waals surface area contributed by atoms with E-state index in [4.69, 9.17) is 5.11 Å². The number of carboxylic acids is 1. The Morgan fingerprint density at radius 3 is 2.62 bits per heavy atom. The topological polar surface area (TPSA) is 71.4 Å². The molecule has 0 bridgehead atoms. The highest BCUT2D eigenvalue weighted by atomic mass is 32.2. The summed E-state index contributed by atoms with van der Waals surface area (Å²) in [5, 5.41) is 8.76. The van der Waals surface area contributed by atoms with Gasteiger partial charge in [-0.3, -0.25) is 9.00 Å². The van der Waals surface area contributed by atoms with Crippen LogP contribution in [-0.2, 0) is 21.3 Å². The highest BCUT2D eigenvalue weighted by molar-refractivity contribution is 7.84. The van der Waals surface area contributed by atoms with Crippen LogP contribution < -0.4 is 0 Å². The van der Waals surface area contributed by atoms with Crippen LogP contribution in [0.1, 0.15) is 22.8 Å². The first-order valence-electron chi connectivity index (χ1n) is 4.65. The molecule has 1 aromatic rings. The standard InChI is InChI=1S/C11H12O4S/c1-8(12)6-16(15)7-9-3-2-4-10(5-9)11(13)14/h2-5H,6-7H2,1H3,(H,13,14). The van der Waals surface area contributed by atoms with Gasteiger partial charge < -0.3 is 5.11 Å². The maximum absolute atomic E-state index is 11.4. The van der Waals surface area contributed by atoms with Crippen molar-refractivity contribution in [2.24, 2.45) is 0 Å². The second-order valence-electron chi connectivity index (χ2n) is 3.44. The Morgan fingerprint density at radius 1 is 1.38 bits per heavy atom. The van der Waals surface area contributed by atoms with Gasteiger partial charge in [0.15, 0.2) is 0 Å². The molecule has 0 saturated carbocycles. The minimum Gasteiger partial charge on any atom is -0.478 e. The maximum Gasteiger partial charge on any atom is 0.335 e. The monoisotopic (exact) mass is 240 g/mol. The van der Waals surface area contributed by atoms with Gasteiger partial charge in [0.1, 0.15) is 5.78 Å². The minimum atomic E-state index is -1.27. The van der Waals surface area contributed by atoms with Gasteiger partial charge in [0, 0.05) is 16.6 Å². The fraction of sp³-hybridized carbons (Fsp3) is 0.273. The van der Waals surface area contributed by atoms with Crippen LogP contribution in [0.2, 0.25) is 0 Å². The molecular formula is C11H12O4S. The first-order valence-corrected chi connectivity index (χ1v) is 6.14. The maximum atomic E-state index is 11.4. The Morgan fingerprint density at radius 2 is 2.06 bits per heavy atom. The van der Waals surface area contributed by atoms with Gasteiger partial charge in [-0.25, -0.2) is 4.79 Å². The molecule has 0 fully saturated rings. The summed E-state index contributed by atoms with van der Waals surface area (Å²) >= 11 is 0. The highest BCUT2D eigenvalue weighted by Crippen LogP contribution is 2.08. The zero-order valence-corrected chi connectivity index (χ0v) is 9.62. The number of carbonyl (C=O) groups excluding carboxylic acids is 1. The number of benzene rings is 1. The predicted molar refractivity (Wildman–Crippen MR) is 60.8 cm³/mol. The number of ketones is 1. The van der Waals surface area contributed by atoms with Gasteiger partial charge in [-0.1, -0.05) is 12.1 Å². The lowest BCUT2D eigenvalue weighted by Gasteiger charge is -2.02. The molecule has 0 aliphatic rings. The van der Waals surface area contributed by atoms with Crippen molar-refractivity contribution in [1.29, 1.82) is 0 Å². The van der Waals surface area contributed by atoms with Crippen molar-refractivity contribution in [2.75, 3.05) is 5.75 Å². The van der Waals surface area contributed by atoms with E-state index in [-0.39, 0.29) is 22.9 Å². The van der Waals surface area contributed by atoms with E-state index in [2.05, 4.69) is 0 Å². The van der Waals surface area contributed by atoms with E-state index in [1.165, 1.54) is 19.1 Å². The van der Waals surface area contributed by atoms with E-state index in [1.807, 2.05) is 0 Å². The van der Waals surface area contributed by atoms with Crippen molar-refractivity contribution in [2.45, 2.75) is 12.7 Å². The molecule has 1 unspecified atom stereocenters. The largest absolute Gasteiger partial charge is 0.478 e. The lowest BCUT2D eigenvalue weighted by atomic mass is 10.1. The number of hydrogen-bond donors (Lipinski definition) is 1. The van der Waals surface area contributed by atoms with Crippen LogP contribution in [0.4, 0.5) is 0 Å². The quantitative estimate of drug-likeness (QED) is 0.840. The van der Waals surface area contributed by atoms with Crippen LogP contribution in [0.3, 0.4) is 0 Å². The summed E-state index contributed by atoms with van der Waals surface area (Å²) in [5.74, 6) is -0.926. The SMILES string of the molecule is CC(=O)CS(=O)Cc1cccc(C(=O)O)c1. The average Bonchev–Trinajstić information content (AvgIpc) is 2.16. The van der Waals surface area contributed by atoms with E-state index in [9.17, 15) is 13.8 Å². The number of Topliss-reactive ketones (excluding diaryl/α,β-unsaturated/α-hetero) is 1. The average molecular weight is 240 g/mol. The molecule has 0 aliphatic carbocycles. The lowest BCUT2D eigenvalue weighted by Crippen LogP contribution is -2.08. The van der Waals surface area contributed by atoms with Gasteiger partial charge in [0.05, 0.1) is 11.3 Å². The fourth-order valence-corrected chi connectivity index (χ4v) is 2.36. The molecule has 1 atom stereocenters. The van der Waals surface area contributed by atoms with Gasteiger partial charge >= 0.3 is 5.97 Å². The summed E-state index contributed by atoms with van der Waals surface area (Å²) in [6, 6.07) is 6.24. The first kappa shape index (κ1) is 12.6. The zero-order chi connectivity index (χ0) is 12.1. The van der Waals surface area contributed by atoms with Gasteiger partial charge in [-0.15, -0.1) is 0 Å². The van der Waals surface area contributed by atoms with Crippen LogP contribution in [0.25, 0.3) is 0 Å². The third-order valence-electron chi connectivity index (χ3n) is 1.87. The zero-order valence-electron chi connectivity index (χ0n) is 8.80. The van der Waals surface area contributed by atoms with Crippen LogP contribution in [0.5, 0.6) is 0 Å². The van der Waals surface area contributed by atoms with Crippen LogP contribution in [0, 0.1) is 0 Å². The van der Waals surface area contributed by atoms with Crippen molar-refractivity contribution in [3.05, 3.63) is 35.4 Å². The molecule has 0 radical (unpaired) electrons. The molecule has 0 spiro atoms. The molecule has 4 nitrogen and oxygen atoms in total. The van der Waals surface area contributed by atoms with Gasteiger partial charge in [0.25, 0.3) is 0 Å². The molecule has 0 heterocycles. The van der Waals surface area contributed by atoms with Crippen molar-refractivity contribution >= 4 is 22.6 Å². The first-order chi connectivity index (χ1) is 7.49. The van der Waals surface area contributed by atoms with Crippen LogP contribution in [-0.4, -0.2) is 26.8 Å². The molecule has 0 aliphatic heterocycles. The highest BCUT2D eigenvalue weighted by Gasteiger charge is 2.07. The second-order valence-corrected chi connectivity index (χ2v) is 4.89. The minimum absolute atomic E-state index is 0.0112. The summed E-state index contributed by atoms with van der Waals surface area (Å²) in [4.78, 5) is 21.4.